The number of carboxylic acid groups (broad SMARTS) is 1. The topological polar surface area (TPSA) is 114 Å². The number of rotatable bonds is 7. The Morgan fingerprint density at radius 2 is 1.80 bits per heavy atom. The van der Waals surface area contributed by atoms with Gasteiger partial charge in [-0.3, -0.25) is 9.59 Å². The average molecular weight is 579 g/mol. The van der Waals surface area contributed by atoms with E-state index < -0.39 is 5.97 Å². The lowest BCUT2D eigenvalue weighted by atomic mass is 10.0. The van der Waals surface area contributed by atoms with Crippen molar-refractivity contribution >= 4 is 41.0 Å². The number of aromatic carboxylic acids is 1. The van der Waals surface area contributed by atoms with Crippen LogP contribution in [0.15, 0.2) is 71.5 Å². The maximum Gasteiger partial charge on any atom is 0.335 e. The Hall–Kier alpha value is -4.34. The molecule has 0 bridgehead atoms. The van der Waals surface area contributed by atoms with Gasteiger partial charge in [0, 0.05) is 24.2 Å². The van der Waals surface area contributed by atoms with Crippen LogP contribution < -0.4 is 15.6 Å². The smallest absolute Gasteiger partial charge is 0.335 e. The van der Waals surface area contributed by atoms with Gasteiger partial charge in [-0.05, 0) is 60.5 Å². The summed E-state index contributed by atoms with van der Waals surface area (Å²) in [5.41, 5.74) is 2.31. The second-order valence-electron chi connectivity index (χ2n) is 9.16. The van der Waals surface area contributed by atoms with Gasteiger partial charge in [0.15, 0.2) is 0 Å². The molecule has 0 radical (unpaired) electrons. The number of halogens is 2. The number of ether oxygens (including phenoxy) is 1. The summed E-state index contributed by atoms with van der Waals surface area (Å²) in [6, 6.07) is 18.2. The quantitative estimate of drug-likeness (QED) is 0.315. The largest absolute Gasteiger partial charge is 0.497 e. The average Bonchev–Trinajstić information content (AvgIpc) is 2.97. The number of benzene rings is 3. The van der Waals surface area contributed by atoms with E-state index in [0.29, 0.717) is 46.4 Å². The molecule has 0 atom stereocenters. The van der Waals surface area contributed by atoms with Crippen LogP contribution in [0.3, 0.4) is 0 Å². The van der Waals surface area contributed by atoms with Crippen LogP contribution in [0, 0.1) is 0 Å². The molecule has 1 aliphatic heterocycles. The van der Waals surface area contributed by atoms with E-state index in [0.717, 1.165) is 5.56 Å². The molecular weight excluding hydrogens is 555 g/mol. The molecule has 3 aromatic carbocycles. The number of hydrogen-bond acceptors (Lipinski definition) is 6. The number of nitrogens with zero attached hydrogens (tertiary/aromatic N) is 3. The van der Waals surface area contributed by atoms with Crippen LogP contribution in [0.1, 0.15) is 37.5 Å². The molecule has 1 amide bonds. The van der Waals surface area contributed by atoms with Crippen LogP contribution in [-0.2, 0) is 19.5 Å². The molecule has 2 N–H and O–H groups in total. The molecule has 0 saturated heterocycles. The third-order valence-corrected chi connectivity index (χ3v) is 7.39. The Balaban J connectivity index is 1.52. The molecule has 0 unspecified atom stereocenters. The summed E-state index contributed by atoms with van der Waals surface area (Å²) in [4.78, 5) is 45.1. The molecule has 204 valence electrons. The summed E-state index contributed by atoms with van der Waals surface area (Å²) in [6.45, 7) is 0.757. The zero-order valence-corrected chi connectivity index (χ0v) is 22.9. The van der Waals surface area contributed by atoms with Crippen LogP contribution in [0.2, 0.25) is 10.0 Å². The minimum Gasteiger partial charge on any atom is -0.497 e. The van der Waals surface area contributed by atoms with Crippen molar-refractivity contribution in [3.05, 3.63) is 115 Å². The molecule has 1 aromatic heterocycles. The first-order valence-corrected chi connectivity index (χ1v) is 13.1. The van der Waals surface area contributed by atoms with Crippen molar-refractivity contribution in [2.45, 2.75) is 19.5 Å². The normalized spacial score (nSPS) is 12.5. The van der Waals surface area contributed by atoms with Crippen molar-refractivity contribution in [3.63, 3.8) is 0 Å². The second kappa shape index (κ2) is 11.4. The number of amides is 1. The van der Waals surface area contributed by atoms with Crippen molar-refractivity contribution in [1.29, 1.82) is 0 Å². The second-order valence-corrected chi connectivity index (χ2v) is 9.98. The molecule has 0 spiro atoms. The van der Waals surface area contributed by atoms with Gasteiger partial charge in [0.05, 0.1) is 40.6 Å². The Kier molecular flexibility index (Phi) is 7.77. The van der Waals surface area contributed by atoms with Gasteiger partial charge in [0.25, 0.3) is 11.5 Å². The molecule has 1 aliphatic rings. The van der Waals surface area contributed by atoms with E-state index in [2.05, 4.69) is 5.32 Å². The van der Waals surface area contributed by atoms with Gasteiger partial charge in [-0.25, -0.2) is 14.3 Å². The number of fused-ring (bicyclic) bond motifs is 1. The maximum absolute atomic E-state index is 13.8. The summed E-state index contributed by atoms with van der Waals surface area (Å²) in [5.74, 6) is -0.419. The summed E-state index contributed by atoms with van der Waals surface area (Å²) in [6.07, 6.45) is 0.283. The number of anilines is 1. The number of aromatic nitrogens is 2. The number of carbonyl (C=O) groups is 2. The van der Waals surface area contributed by atoms with E-state index in [1.807, 2.05) is 24.3 Å². The highest BCUT2D eigenvalue weighted by molar-refractivity contribution is 6.42. The number of carboxylic acids is 1. The lowest BCUT2D eigenvalue weighted by Crippen LogP contribution is -2.40. The van der Waals surface area contributed by atoms with Gasteiger partial charge in [-0.1, -0.05) is 41.4 Å². The Morgan fingerprint density at radius 1 is 1.02 bits per heavy atom. The van der Waals surface area contributed by atoms with Gasteiger partial charge >= 0.3 is 5.97 Å². The van der Waals surface area contributed by atoms with Crippen molar-refractivity contribution in [2.75, 3.05) is 19.0 Å². The van der Waals surface area contributed by atoms with Crippen molar-refractivity contribution in [3.8, 4) is 11.4 Å². The van der Waals surface area contributed by atoms with Crippen molar-refractivity contribution in [1.82, 2.24) is 14.5 Å². The van der Waals surface area contributed by atoms with Crippen LogP contribution >= 0.6 is 23.2 Å². The zero-order chi connectivity index (χ0) is 28.4. The first kappa shape index (κ1) is 27.2. The molecule has 0 fully saturated rings. The van der Waals surface area contributed by atoms with E-state index >= 15 is 0 Å². The Bertz CT molecular complexity index is 1670. The fourth-order valence-corrected chi connectivity index (χ4v) is 4.83. The number of methoxy groups -OCH3 is 1. The molecule has 4 aromatic rings. The third kappa shape index (κ3) is 5.52. The number of hydrogen-bond donors (Lipinski definition) is 2. The predicted molar refractivity (Wildman–Crippen MR) is 152 cm³/mol. The highest BCUT2D eigenvalue weighted by Gasteiger charge is 2.27. The first-order valence-electron chi connectivity index (χ1n) is 12.3. The van der Waals surface area contributed by atoms with Gasteiger partial charge in [0.2, 0.25) is 5.95 Å². The van der Waals surface area contributed by atoms with E-state index in [9.17, 15) is 19.5 Å². The first-order chi connectivity index (χ1) is 19.2. The van der Waals surface area contributed by atoms with Crippen molar-refractivity contribution in [2.24, 2.45) is 0 Å². The Morgan fingerprint density at radius 3 is 2.50 bits per heavy atom. The molecule has 9 nitrogen and oxygen atoms in total. The van der Waals surface area contributed by atoms with Crippen LogP contribution in [0.5, 0.6) is 5.75 Å². The van der Waals surface area contributed by atoms with Crippen molar-refractivity contribution < 1.29 is 19.4 Å². The minimum absolute atomic E-state index is 0.0432. The predicted octanol–water partition coefficient (Wildman–Crippen LogP) is 5.06. The highest BCUT2D eigenvalue weighted by atomic mass is 35.5. The molecule has 0 aliphatic carbocycles. The van der Waals surface area contributed by atoms with Gasteiger partial charge in [-0.15, -0.1) is 0 Å². The van der Waals surface area contributed by atoms with E-state index in [1.54, 1.807) is 36.3 Å². The van der Waals surface area contributed by atoms with Gasteiger partial charge < -0.3 is 20.1 Å². The van der Waals surface area contributed by atoms with E-state index in [-0.39, 0.29) is 41.0 Å². The standard InChI is InChI=1S/C29H24Cl2N4O5/c1-40-21-8-5-17(6-9-21)15-32-29-33-25-16-34(26(36)18-7-10-23(30)24(31)14-18)12-11-22(25)27(37)35(29)20-4-2-3-19(13-20)28(38)39/h2-10,13-14H,11-12,15-16H2,1H3,(H,32,33)(H,38,39). The maximum atomic E-state index is 13.8. The van der Waals surface area contributed by atoms with Crippen LogP contribution in [0.4, 0.5) is 5.95 Å². The molecule has 40 heavy (non-hydrogen) atoms. The molecule has 11 heteroatoms. The van der Waals surface area contributed by atoms with E-state index in [1.165, 1.54) is 22.8 Å². The van der Waals surface area contributed by atoms with Gasteiger partial charge in [0.1, 0.15) is 5.75 Å². The zero-order valence-electron chi connectivity index (χ0n) is 21.4. The SMILES string of the molecule is COc1ccc(CNc2nc3c(c(=O)n2-c2cccc(C(=O)O)c2)CCN(C(=O)c2ccc(Cl)c(Cl)c2)C3)cc1. The molecule has 5 rings (SSSR count). The summed E-state index contributed by atoms with van der Waals surface area (Å²) < 4.78 is 6.60. The highest BCUT2D eigenvalue weighted by Crippen LogP contribution is 2.26. The monoisotopic (exact) mass is 578 g/mol. The molecule has 0 saturated carbocycles. The summed E-state index contributed by atoms with van der Waals surface area (Å²) >= 11 is 12.1. The number of carbonyl (C=O) groups excluding carboxylic acids is 1. The van der Waals surface area contributed by atoms with Crippen LogP contribution in [0.25, 0.3) is 5.69 Å². The third-order valence-electron chi connectivity index (χ3n) is 6.65. The fourth-order valence-electron chi connectivity index (χ4n) is 4.53. The molecule has 2 heterocycles. The van der Waals surface area contributed by atoms with E-state index in [4.69, 9.17) is 32.9 Å². The van der Waals surface area contributed by atoms with Crippen LogP contribution in [-0.4, -0.2) is 45.1 Å². The summed E-state index contributed by atoms with van der Waals surface area (Å²) in [7, 11) is 1.59. The lowest BCUT2D eigenvalue weighted by molar-refractivity contribution is 0.0695. The summed E-state index contributed by atoms with van der Waals surface area (Å²) in [5, 5.41) is 13.4. The Labute approximate surface area is 239 Å². The molecular formula is C29H24Cl2N4O5. The minimum atomic E-state index is -1.11. The van der Waals surface area contributed by atoms with Gasteiger partial charge in [-0.2, -0.15) is 0 Å². The number of nitrogens with one attached hydrogen (secondary N) is 1. The fraction of sp³-hybridized carbons (Fsp3) is 0.172. The lowest BCUT2D eigenvalue weighted by Gasteiger charge is -2.29.